The minimum Gasteiger partial charge on any atom is -0.406 e. The zero-order valence-corrected chi connectivity index (χ0v) is 15.0. The van der Waals surface area contributed by atoms with Gasteiger partial charge >= 0.3 is 6.36 Å². The van der Waals surface area contributed by atoms with E-state index in [2.05, 4.69) is 28.7 Å². The molecule has 0 aliphatic carbocycles. The number of carbonyl (C=O) groups is 1. The number of amides is 1. The molecule has 144 valence electrons. The smallest absolute Gasteiger partial charge is 0.406 e. The van der Waals surface area contributed by atoms with Crippen LogP contribution < -0.4 is 9.64 Å². The predicted molar refractivity (Wildman–Crippen MR) is 96.8 cm³/mol. The Labute approximate surface area is 156 Å². The van der Waals surface area contributed by atoms with Crippen molar-refractivity contribution in [2.75, 3.05) is 31.1 Å². The third-order valence-electron chi connectivity index (χ3n) is 4.60. The molecule has 1 heterocycles. The Bertz CT molecular complexity index is 783. The fourth-order valence-electron chi connectivity index (χ4n) is 3.21. The van der Waals surface area contributed by atoms with E-state index in [1.165, 1.54) is 35.5 Å². The van der Waals surface area contributed by atoms with Crippen molar-refractivity contribution in [2.24, 2.45) is 0 Å². The second-order valence-electron chi connectivity index (χ2n) is 6.52. The van der Waals surface area contributed by atoms with Crippen LogP contribution in [-0.2, 0) is 11.2 Å². The highest BCUT2D eigenvalue weighted by atomic mass is 19.4. The maximum Gasteiger partial charge on any atom is 0.573 e. The molecule has 2 aromatic rings. The van der Waals surface area contributed by atoms with Gasteiger partial charge in [0.15, 0.2) is 0 Å². The summed E-state index contributed by atoms with van der Waals surface area (Å²) in [7, 11) is 0. The molecule has 0 aromatic heterocycles. The molecule has 0 spiro atoms. The molecule has 2 aromatic carbocycles. The highest BCUT2D eigenvalue weighted by Gasteiger charge is 2.31. The first-order valence-corrected chi connectivity index (χ1v) is 8.75. The average Bonchev–Trinajstić information content (AvgIpc) is 2.63. The number of alkyl halides is 3. The monoisotopic (exact) mass is 378 g/mol. The summed E-state index contributed by atoms with van der Waals surface area (Å²) in [4.78, 5) is 16.6. The summed E-state index contributed by atoms with van der Waals surface area (Å²) < 4.78 is 40.4. The van der Waals surface area contributed by atoms with E-state index in [1.54, 1.807) is 4.90 Å². The average molecular weight is 378 g/mol. The largest absolute Gasteiger partial charge is 0.573 e. The quantitative estimate of drug-likeness (QED) is 0.812. The van der Waals surface area contributed by atoms with Crippen molar-refractivity contribution in [1.29, 1.82) is 0 Å². The number of anilines is 1. The molecule has 0 N–H and O–H groups in total. The number of nitrogens with zero attached hydrogens (tertiary/aromatic N) is 2. The second kappa shape index (κ2) is 7.90. The fraction of sp³-hybridized carbons (Fsp3) is 0.350. The SMILES string of the molecule is Cc1ccccc1N1CCN(C(=O)Cc2ccc(OC(F)(F)F)cc2)CC1. The lowest BCUT2D eigenvalue weighted by atomic mass is 10.1. The first kappa shape index (κ1) is 19.1. The van der Waals surface area contributed by atoms with E-state index in [0.717, 1.165) is 13.1 Å². The molecule has 1 aliphatic heterocycles. The predicted octanol–water partition coefficient (Wildman–Crippen LogP) is 3.78. The molecule has 4 nitrogen and oxygen atoms in total. The van der Waals surface area contributed by atoms with Gasteiger partial charge in [-0.1, -0.05) is 30.3 Å². The highest BCUT2D eigenvalue weighted by Crippen LogP contribution is 2.23. The van der Waals surface area contributed by atoms with Crippen LogP contribution in [0.15, 0.2) is 48.5 Å². The summed E-state index contributed by atoms with van der Waals surface area (Å²) in [6, 6.07) is 13.6. The van der Waals surface area contributed by atoms with E-state index in [0.29, 0.717) is 18.7 Å². The van der Waals surface area contributed by atoms with Crippen molar-refractivity contribution in [3.8, 4) is 5.75 Å². The van der Waals surface area contributed by atoms with Crippen molar-refractivity contribution in [2.45, 2.75) is 19.7 Å². The van der Waals surface area contributed by atoms with E-state index in [4.69, 9.17) is 0 Å². The van der Waals surface area contributed by atoms with Gasteiger partial charge in [0.05, 0.1) is 6.42 Å². The van der Waals surface area contributed by atoms with E-state index in [1.807, 2.05) is 12.1 Å². The lowest BCUT2D eigenvalue weighted by molar-refractivity contribution is -0.274. The van der Waals surface area contributed by atoms with E-state index in [9.17, 15) is 18.0 Å². The van der Waals surface area contributed by atoms with E-state index in [-0.39, 0.29) is 18.1 Å². The number of aryl methyl sites for hydroxylation is 1. The van der Waals surface area contributed by atoms with Crippen LogP contribution in [0.5, 0.6) is 5.75 Å². The molecular weight excluding hydrogens is 357 g/mol. The van der Waals surface area contributed by atoms with Gasteiger partial charge in [-0.3, -0.25) is 4.79 Å². The number of benzene rings is 2. The van der Waals surface area contributed by atoms with Gasteiger partial charge in [-0.15, -0.1) is 13.2 Å². The van der Waals surface area contributed by atoms with Crippen molar-refractivity contribution < 1.29 is 22.7 Å². The van der Waals surface area contributed by atoms with Gasteiger partial charge in [-0.2, -0.15) is 0 Å². The zero-order chi connectivity index (χ0) is 19.4. The molecule has 1 fully saturated rings. The van der Waals surface area contributed by atoms with Gasteiger partial charge in [0, 0.05) is 31.9 Å². The maximum atomic E-state index is 12.5. The third kappa shape index (κ3) is 5.15. The number of piperazine rings is 1. The van der Waals surface area contributed by atoms with Crippen LogP contribution in [0.25, 0.3) is 0 Å². The summed E-state index contributed by atoms with van der Waals surface area (Å²) in [5.74, 6) is -0.311. The van der Waals surface area contributed by atoms with Crippen LogP contribution in [0.1, 0.15) is 11.1 Å². The van der Waals surface area contributed by atoms with Gasteiger partial charge in [-0.25, -0.2) is 0 Å². The van der Waals surface area contributed by atoms with E-state index < -0.39 is 6.36 Å². The summed E-state index contributed by atoms with van der Waals surface area (Å²) >= 11 is 0. The number of rotatable bonds is 4. The molecular formula is C20H21F3N2O2. The van der Waals surface area contributed by atoms with Crippen LogP contribution in [0.2, 0.25) is 0 Å². The Morgan fingerprint density at radius 3 is 2.22 bits per heavy atom. The maximum absolute atomic E-state index is 12.5. The minimum atomic E-state index is -4.71. The number of ether oxygens (including phenoxy) is 1. The zero-order valence-electron chi connectivity index (χ0n) is 15.0. The van der Waals surface area contributed by atoms with Gasteiger partial charge in [-0.05, 0) is 36.2 Å². The molecule has 1 amide bonds. The Morgan fingerprint density at radius 2 is 1.63 bits per heavy atom. The van der Waals surface area contributed by atoms with E-state index >= 15 is 0 Å². The van der Waals surface area contributed by atoms with Crippen LogP contribution in [-0.4, -0.2) is 43.3 Å². The fourth-order valence-corrected chi connectivity index (χ4v) is 3.21. The summed E-state index contributed by atoms with van der Waals surface area (Å²) in [6.45, 7) is 4.84. The number of para-hydroxylation sites is 1. The summed E-state index contributed by atoms with van der Waals surface area (Å²) in [5, 5.41) is 0. The Kier molecular flexibility index (Phi) is 5.58. The molecule has 1 aliphatic rings. The highest BCUT2D eigenvalue weighted by molar-refractivity contribution is 5.79. The van der Waals surface area contributed by atoms with Crippen LogP contribution in [0, 0.1) is 6.92 Å². The summed E-state index contributed by atoms with van der Waals surface area (Å²) in [6.07, 6.45) is -4.55. The number of hydrogen-bond acceptors (Lipinski definition) is 3. The van der Waals surface area contributed by atoms with Crippen LogP contribution in [0.4, 0.5) is 18.9 Å². The van der Waals surface area contributed by atoms with Crippen molar-refractivity contribution >= 4 is 11.6 Å². The van der Waals surface area contributed by atoms with Crippen molar-refractivity contribution in [1.82, 2.24) is 4.90 Å². The van der Waals surface area contributed by atoms with Gasteiger partial charge in [0.1, 0.15) is 5.75 Å². The Morgan fingerprint density at radius 1 is 1.00 bits per heavy atom. The molecule has 0 unspecified atom stereocenters. The Balaban J connectivity index is 1.53. The topological polar surface area (TPSA) is 32.8 Å². The molecule has 7 heteroatoms. The summed E-state index contributed by atoms with van der Waals surface area (Å²) in [5.41, 5.74) is 3.05. The third-order valence-corrected chi connectivity index (χ3v) is 4.60. The standard InChI is InChI=1S/C20H21F3N2O2/c1-15-4-2-3-5-18(15)24-10-12-25(13-11-24)19(26)14-16-6-8-17(9-7-16)27-20(21,22)23/h2-9H,10-14H2,1H3. The lowest BCUT2D eigenvalue weighted by Crippen LogP contribution is -2.49. The van der Waals surface area contributed by atoms with Crippen molar-refractivity contribution in [3.63, 3.8) is 0 Å². The number of hydrogen-bond donors (Lipinski definition) is 0. The minimum absolute atomic E-state index is 0.0241. The normalized spacial score (nSPS) is 15.0. The number of carbonyl (C=O) groups excluding carboxylic acids is 1. The van der Waals surface area contributed by atoms with Crippen molar-refractivity contribution in [3.05, 3.63) is 59.7 Å². The van der Waals surface area contributed by atoms with Crippen LogP contribution in [0.3, 0.4) is 0 Å². The second-order valence-corrected chi connectivity index (χ2v) is 6.52. The van der Waals surface area contributed by atoms with Gasteiger partial charge < -0.3 is 14.5 Å². The first-order chi connectivity index (χ1) is 12.8. The Hall–Kier alpha value is -2.70. The molecule has 0 saturated carbocycles. The van der Waals surface area contributed by atoms with Gasteiger partial charge in [0.25, 0.3) is 0 Å². The molecule has 1 saturated heterocycles. The number of halogens is 3. The molecule has 3 rings (SSSR count). The lowest BCUT2D eigenvalue weighted by Gasteiger charge is -2.37. The van der Waals surface area contributed by atoms with Crippen LogP contribution >= 0.6 is 0 Å². The molecule has 27 heavy (non-hydrogen) atoms. The molecule has 0 atom stereocenters. The molecule has 0 bridgehead atoms. The van der Waals surface area contributed by atoms with Gasteiger partial charge in [0.2, 0.25) is 5.91 Å². The molecule has 0 radical (unpaired) electrons. The first-order valence-electron chi connectivity index (χ1n) is 8.75.